The number of methoxy groups -OCH3 is 1. The molecule has 0 bridgehead atoms. The highest BCUT2D eigenvalue weighted by Gasteiger charge is 2.00. The van der Waals surface area contributed by atoms with E-state index in [4.69, 9.17) is 9.47 Å². The van der Waals surface area contributed by atoms with Gasteiger partial charge >= 0.3 is 0 Å². The van der Waals surface area contributed by atoms with Crippen LogP contribution in [0.25, 0.3) is 6.08 Å². The predicted molar refractivity (Wildman–Crippen MR) is 86.7 cm³/mol. The van der Waals surface area contributed by atoms with Crippen LogP contribution < -0.4 is 4.74 Å². The first-order valence-corrected chi connectivity index (χ1v) is 6.82. The van der Waals surface area contributed by atoms with Crippen LogP contribution in [0.15, 0.2) is 35.9 Å². The van der Waals surface area contributed by atoms with Crippen molar-refractivity contribution in [2.75, 3.05) is 20.3 Å². The molecule has 0 amide bonds. The van der Waals surface area contributed by atoms with Gasteiger partial charge < -0.3 is 14.6 Å². The second-order valence-electron chi connectivity index (χ2n) is 4.73. The zero-order chi connectivity index (χ0) is 16.4. The molecule has 0 heterocycles. The first kappa shape index (κ1) is 17.5. The molecule has 116 valence electrons. The first-order valence-electron chi connectivity index (χ1n) is 6.82. The lowest BCUT2D eigenvalue weighted by Crippen LogP contribution is -1.93. The van der Waals surface area contributed by atoms with Gasteiger partial charge in [-0.1, -0.05) is 29.7 Å². The molecule has 22 heavy (non-hydrogen) atoms. The Bertz CT molecular complexity index is 626. The van der Waals surface area contributed by atoms with Crippen molar-refractivity contribution in [2.45, 2.75) is 13.8 Å². The number of allylic oxidation sites excluding steroid dienone is 2. The van der Waals surface area contributed by atoms with Crippen LogP contribution in [0.3, 0.4) is 0 Å². The number of phenols is 1. The normalized spacial score (nSPS) is 9.95. The fraction of sp³-hybridized carbons (Fsp3) is 0.278. The molecule has 0 spiro atoms. The Hall–Kier alpha value is -2.51. The van der Waals surface area contributed by atoms with Crippen LogP contribution in [0.1, 0.15) is 19.4 Å². The average Bonchev–Trinajstić information content (AvgIpc) is 2.49. The van der Waals surface area contributed by atoms with Crippen molar-refractivity contribution in [3.05, 3.63) is 41.5 Å². The molecule has 0 aliphatic rings. The predicted octanol–water partition coefficient (Wildman–Crippen LogP) is 2.97. The van der Waals surface area contributed by atoms with Gasteiger partial charge in [0.25, 0.3) is 0 Å². The molecule has 0 aromatic heterocycles. The van der Waals surface area contributed by atoms with E-state index in [2.05, 4.69) is 11.8 Å². The first-order chi connectivity index (χ1) is 10.5. The Kier molecular flexibility index (Phi) is 7.52. The molecule has 0 atom stereocenters. The van der Waals surface area contributed by atoms with E-state index in [0.29, 0.717) is 12.4 Å². The fourth-order valence-electron chi connectivity index (χ4n) is 1.47. The number of benzene rings is 1. The van der Waals surface area contributed by atoms with Gasteiger partial charge in [0.15, 0.2) is 11.5 Å². The van der Waals surface area contributed by atoms with Gasteiger partial charge in [-0.15, -0.1) is 0 Å². The molecule has 4 nitrogen and oxygen atoms in total. The van der Waals surface area contributed by atoms with Crippen molar-refractivity contribution in [1.29, 1.82) is 0 Å². The lowest BCUT2D eigenvalue weighted by Gasteiger charge is -2.03. The number of carbonyl (C=O) groups is 1. The van der Waals surface area contributed by atoms with Crippen molar-refractivity contribution in [2.24, 2.45) is 0 Å². The molecule has 1 aromatic carbocycles. The van der Waals surface area contributed by atoms with E-state index in [1.807, 2.05) is 19.9 Å². The maximum Gasteiger partial charge on any atom is 0.228 e. The van der Waals surface area contributed by atoms with Crippen LogP contribution in [0.2, 0.25) is 0 Å². The molecule has 0 radical (unpaired) electrons. The maximum atomic E-state index is 11.6. The summed E-state index contributed by atoms with van der Waals surface area (Å²) in [6.07, 6.45) is 4.93. The van der Waals surface area contributed by atoms with Gasteiger partial charge in [-0.2, -0.15) is 0 Å². The van der Waals surface area contributed by atoms with Gasteiger partial charge in [-0.3, -0.25) is 4.79 Å². The summed E-state index contributed by atoms with van der Waals surface area (Å²) >= 11 is 0. The van der Waals surface area contributed by atoms with Gasteiger partial charge in [-0.05, 0) is 43.5 Å². The van der Waals surface area contributed by atoms with Crippen molar-refractivity contribution < 1.29 is 19.4 Å². The zero-order valence-electron chi connectivity index (χ0n) is 13.1. The van der Waals surface area contributed by atoms with E-state index in [0.717, 1.165) is 5.56 Å². The quantitative estimate of drug-likeness (QED) is 0.288. The van der Waals surface area contributed by atoms with E-state index >= 15 is 0 Å². The number of phenolic OH excluding ortho intramolecular Hbond substituents is 1. The van der Waals surface area contributed by atoms with Crippen LogP contribution in [0, 0.1) is 11.8 Å². The highest BCUT2D eigenvalue weighted by Crippen LogP contribution is 2.26. The van der Waals surface area contributed by atoms with Crippen LogP contribution in [0.5, 0.6) is 11.5 Å². The third-order valence-electron chi connectivity index (χ3n) is 2.63. The Morgan fingerprint density at radius 3 is 2.82 bits per heavy atom. The van der Waals surface area contributed by atoms with E-state index in [1.54, 1.807) is 18.2 Å². The van der Waals surface area contributed by atoms with Gasteiger partial charge in [0.2, 0.25) is 5.78 Å². The van der Waals surface area contributed by atoms with Gasteiger partial charge in [0.05, 0.1) is 13.7 Å². The monoisotopic (exact) mass is 300 g/mol. The smallest absolute Gasteiger partial charge is 0.228 e. The van der Waals surface area contributed by atoms with Crippen molar-refractivity contribution in [1.82, 2.24) is 0 Å². The number of hydrogen-bond acceptors (Lipinski definition) is 4. The number of ketones is 1. The Balaban J connectivity index is 2.50. The zero-order valence-corrected chi connectivity index (χ0v) is 13.1. The third kappa shape index (κ3) is 6.78. The van der Waals surface area contributed by atoms with Crippen molar-refractivity contribution in [3.8, 4) is 23.3 Å². The molecular formula is C18H20O4. The lowest BCUT2D eigenvalue weighted by atomic mass is 10.1. The average molecular weight is 300 g/mol. The largest absolute Gasteiger partial charge is 0.504 e. The van der Waals surface area contributed by atoms with Crippen LogP contribution >= 0.6 is 0 Å². The summed E-state index contributed by atoms with van der Waals surface area (Å²) in [5, 5.41) is 9.48. The highest BCUT2D eigenvalue weighted by atomic mass is 16.5. The molecule has 1 aromatic rings. The molecular weight excluding hydrogens is 280 g/mol. The number of rotatable bonds is 6. The van der Waals surface area contributed by atoms with Gasteiger partial charge in [0.1, 0.15) is 6.61 Å². The van der Waals surface area contributed by atoms with Crippen LogP contribution in [-0.4, -0.2) is 31.2 Å². The second kappa shape index (κ2) is 9.43. The Morgan fingerprint density at radius 1 is 1.36 bits per heavy atom. The van der Waals surface area contributed by atoms with Crippen molar-refractivity contribution in [3.63, 3.8) is 0 Å². The summed E-state index contributed by atoms with van der Waals surface area (Å²) in [7, 11) is 1.47. The van der Waals surface area contributed by atoms with E-state index in [-0.39, 0.29) is 18.1 Å². The molecule has 4 heteroatoms. The topological polar surface area (TPSA) is 55.8 Å². The SMILES string of the molecule is COc1cc(/C=C/C(=O)C#CCOCC=C(C)C)ccc1O. The van der Waals surface area contributed by atoms with Gasteiger partial charge in [-0.25, -0.2) is 0 Å². The summed E-state index contributed by atoms with van der Waals surface area (Å²) in [5.74, 6) is 5.24. The summed E-state index contributed by atoms with van der Waals surface area (Å²) < 4.78 is 10.2. The van der Waals surface area contributed by atoms with Crippen LogP contribution in [0.4, 0.5) is 0 Å². The molecule has 0 aliphatic carbocycles. The van der Waals surface area contributed by atoms with E-state index < -0.39 is 0 Å². The molecule has 0 fully saturated rings. The second-order valence-corrected chi connectivity index (χ2v) is 4.73. The minimum atomic E-state index is -0.308. The van der Waals surface area contributed by atoms with E-state index in [9.17, 15) is 9.90 Å². The highest BCUT2D eigenvalue weighted by molar-refractivity contribution is 6.06. The molecule has 1 rings (SSSR count). The summed E-state index contributed by atoms with van der Waals surface area (Å²) in [4.78, 5) is 11.6. The summed E-state index contributed by atoms with van der Waals surface area (Å²) in [6.45, 7) is 4.69. The molecule has 1 N–H and O–H groups in total. The lowest BCUT2D eigenvalue weighted by molar-refractivity contribution is -0.109. The van der Waals surface area contributed by atoms with E-state index in [1.165, 1.54) is 24.8 Å². The number of ether oxygens (including phenoxy) is 2. The summed E-state index contributed by atoms with van der Waals surface area (Å²) in [6, 6.07) is 4.82. The Labute approximate surface area is 131 Å². The third-order valence-corrected chi connectivity index (χ3v) is 2.63. The molecule has 0 unspecified atom stereocenters. The standard InChI is InChI=1S/C18H20O4/c1-14(2)10-12-22-11-4-5-16(19)8-6-15-7-9-17(20)18(13-15)21-3/h6-10,13,20H,11-12H2,1-3H3/b8-6+. The molecule has 0 aliphatic heterocycles. The number of aromatic hydroxyl groups is 1. The Morgan fingerprint density at radius 2 is 2.14 bits per heavy atom. The fourth-order valence-corrected chi connectivity index (χ4v) is 1.47. The minimum absolute atomic E-state index is 0.0549. The minimum Gasteiger partial charge on any atom is -0.504 e. The number of carbonyl (C=O) groups excluding carboxylic acids is 1. The number of hydrogen-bond donors (Lipinski definition) is 1. The van der Waals surface area contributed by atoms with Crippen LogP contribution in [-0.2, 0) is 9.53 Å². The van der Waals surface area contributed by atoms with Gasteiger partial charge in [0, 0.05) is 0 Å². The maximum absolute atomic E-state index is 11.6. The summed E-state index contributed by atoms with van der Waals surface area (Å²) in [5.41, 5.74) is 1.92. The molecule has 0 saturated heterocycles. The van der Waals surface area contributed by atoms with Crippen molar-refractivity contribution >= 4 is 11.9 Å². The molecule has 0 saturated carbocycles.